The number of carbonyl (C=O) groups excluding carboxylic acids is 4. The predicted octanol–water partition coefficient (Wildman–Crippen LogP) is 23.6. The molecule has 5 atom stereocenters. The second-order valence-electron chi connectivity index (χ2n) is 28.9. The Morgan fingerprint density at radius 2 is 0.469 bits per heavy atom. The molecule has 0 amide bonds. The number of esters is 4. The first-order chi connectivity index (χ1) is 47.5. The molecule has 0 aliphatic carbocycles. The number of phosphoric acid groups is 2. The summed E-state index contributed by atoms with van der Waals surface area (Å²) >= 11 is 0. The molecular weight excluding hydrogens is 1280 g/mol. The maximum Gasteiger partial charge on any atom is 0.472 e. The van der Waals surface area contributed by atoms with E-state index in [0.29, 0.717) is 25.7 Å². The first-order valence-corrected chi connectivity index (χ1v) is 44.1. The number of hydrogen-bond acceptors (Lipinski definition) is 15. The number of unbranched alkanes of at least 4 members (excludes halogenated alkanes) is 51. The van der Waals surface area contributed by atoms with Gasteiger partial charge in [0.1, 0.15) is 19.3 Å². The summed E-state index contributed by atoms with van der Waals surface area (Å²) in [6.45, 7) is 7.33. The van der Waals surface area contributed by atoms with Crippen molar-refractivity contribution in [2.75, 3.05) is 39.6 Å². The molecule has 3 N–H and O–H groups in total. The van der Waals surface area contributed by atoms with E-state index in [9.17, 15) is 43.2 Å². The van der Waals surface area contributed by atoms with Crippen LogP contribution in [0.1, 0.15) is 420 Å². The van der Waals surface area contributed by atoms with Gasteiger partial charge in [-0.15, -0.1) is 0 Å². The van der Waals surface area contributed by atoms with E-state index >= 15 is 0 Å². The van der Waals surface area contributed by atoms with E-state index in [1.54, 1.807) is 0 Å². The van der Waals surface area contributed by atoms with Crippen molar-refractivity contribution in [1.82, 2.24) is 0 Å². The molecule has 0 aromatic carbocycles. The van der Waals surface area contributed by atoms with Crippen LogP contribution in [0.25, 0.3) is 0 Å². The van der Waals surface area contributed by atoms with Gasteiger partial charge >= 0.3 is 39.5 Å². The number of aliphatic hydroxyl groups is 1. The van der Waals surface area contributed by atoms with Gasteiger partial charge in [-0.2, -0.15) is 0 Å². The average molecular weight is 1440 g/mol. The van der Waals surface area contributed by atoms with Crippen LogP contribution in [0.15, 0.2) is 0 Å². The zero-order chi connectivity index (χ0) is 71.9. The van der Waals surface area contributed by atoms with Crippen LogP contribution in [0, 0.1) is 5.92 Å². The molecule has 0 radical (unpaired) electrons. The summed E-state index contributed by atoms with van der Waals surface area (Å²) < 4.78 is 68.6. The zero-order valence-corrected chi connectivity index (χ0v) is 65.7. The average Bonchev–Trinajstić information content (AvgIpc) is 1.04. The van der Waals surface area contributed by atoms with Crippen molar-refractivity contribution in [2.45, 2.75) is 438 Å². The van der Waals surface area contributed by atoms with Gasteiger partial charge in [-0.05, 0) is 31.6 Å². The molecule has 17 nitrogen and oxygen atoms in total. The van der Waals surface area contributed by atoms with E-state index < -0.39 is 97.5 Å². The van der Waals surface area contributed by atoms with E-state index in [1.807, 2.05) is 0 Å². The molecule has 0 saturated heterocycles. The molecule has 0 aromatic rings. The molecule has 0 aliphatic rings. The second-order valence-corrected chi connectivity index (χ2v) is 31.8. The highest BCUT2D eigenvalue weighted by Gasteiger charge is 2.30. The van der Waals surface area contributed by atoms with Crippen LogP contribution in [0.2, 0.25) is 0 Å². The van der Waals surface area contributed by atoms with Gasteiger partial charge < -0.3 is 33.8 Å². The van der Waals surface area contributed by atoms with Crippen molar-refractivity contribution >= 4 is 39.5 Å². The maximum absolute atomic E-state index is 13.1. The lowest BCUT2D eigenvalue weighted by Gasteiger charge is -2.21. The van der Waals surface area contributed by atoms with Crippen LogP contribution in [-0.2, 0) is 65.4 Å². The smallest absolute Gasteiger partial charge is 0.462 e. The largest absolute Gasteiger partial charge is 0.472 e. The van der Waals surface area contributed by atoms with E-state index in [1.165, 1.54) is 244 Å². The summed E-state index contributed by atoms with van der Waals surface area (Å²) in [5.74, 6) is -1.31. The van der Waals surface area contributed by atoms with Crippen molar-refractivity contribution in [3.63, 3.8) is 0 Å². The van der Waals surface area contributed by atoms with Gasteiger partial charge in [0.05, 0.1) is 26.4 Å². The summed E-state index contributed by atoms with van der Waals surface area (Å²) in [6.07, 6.45) is 62.4. The summed E-state index contributed by atoms with van der Waals surface area (Å²) in [5.41, 5.74) is 0. The van der Waals surface area contributed by atoms with Gasteiger partial charge in [-0.3, -0.25) is 37.3 Å². The summed E-state index contributed by atoms with van der Waals surface area (Å²) in [5, 5.41) is 10.6. The molecule has 0 bridgehead atoms. The molecular formula is C79H154O17P2. The molecule has 0 aliphatic heterocycles. The number of phosphoric ester groups is 2. The van der Waals surface area contributed by atoms with Crippen LogP contribution in [0.5, 0.6) is 0 Å². The molecule has 0 spiro atoms. The highest BCUT2D eigenvalue weighted by Crippen LogP contribution is 2.45. The molecule has 0 aromatic heterocycles. The van der Waals surface area contributed by atoms with Crippen LogP contribution in [-0.4, -0.2) is 96.7 Å². The fourth-order valence-electron chi connectivity index (χ4n) is 12.2. The van der Waals surface area contributed by atoms with Crippen molar-refractivity contribution < 1.29 is 80.2 Å². The number of aliphatic hydroxyl groups excluding tert-OH is 1. The minimum absolute atomic E-state index is 0.108. The van der Waals surface area contributed by atoms with Crippen LogP contribution in [0.4, 0.5) is 0 Å². The minimum atomic E-state index is -4.96. The Morgan fingerprint density at radius 3 is 0.694 bits per heavy atom. The Labute approximate surface area is 600 Å². The SMILES string of the molecule is CCCCCCCCCCCCCCCCCCCCCC(=O)O[C@H](COC(=O)CCCCCCCCCCCCCCCCC(C)C)COP(=O)(O)OC[C@@H](O)COP(=O)(O)OC[C@@H](COC(=O)CCCCCCCCCCC)OC(=O)CCCCCCCCCCCCCCC. The Balaban J connectivity index is 5.22. The Kier molecular flexibility index (Phi) is 70.6. The first-order valence-electron chi connectivity index (χ1n) is 41.1. The standard InChI is InChI=1S/C79H154O17P2/c1-6-9-12-15-18-21-23-25-26-27-28-29-30-36-40-45-50-55-60-65-79(84)96-75(69-90-77(82)63-58-53-48-43-38-35-32-31-34-37-42-46-51-56-61-72(4)5)71-94-98(87,88)92-67-73(80)66-91-97(85,86)93-70-74(68-89-76(81)62-57-52-47-41-20-17-14-11-8-3)95-78(83)64-59-54-49-44-39-33-24-22-19-16-13-10-7-2/h72-75,80H,6-71H2,1-5H3,(H,85,86)(H,87,88)/t73-,74+,75+/m0/s1. The Bertz CT molecular complexity index is 1870. The zero-order valence-electron chi connectivity index (χ0n) is 63.9. The summed E-state index contributed by atoms with van der Waals surface area (Å²) in [7, 11) is -9.91. The first kappa shape index (κ1) is 96.1. The molecule has 582 valence electrons. The van der Waals surface area contributed by atoms with E-state index in [0.717, 1.165) is 95.8 Å². The third-order valence-corrected chi connectivity index (χ3v) is 20.4. The lowest BCUT2D eigenvalue weighted by molar-refractivity contribution is -0.161. The van der Waals surface area contributed by atoms with Crippen molar-refractivity contribution in [3.05, 3.63) is 0 Å². The van der Waals surface area contributed by atoms with Gasteiger partial charge in [0.25, 0.3) is 0 Å². The van der Waals surface area contributed by atoms with Crippen LogP contribution >= 0.6 is 15.6 Å². The van der Waals surface area contributed by atoms with E-state index in [-0.39, 0.29) is 25.7 Å². The Hall–Kier alpha value is -1.94. The third kappa shape index (κ3) is 72.4. The van der Waals surface area contributed by atoms with E-state index in [2.05, 4.69) is 34.6 Å². The highest BCUT2D eigenvalue weighted by molar-refractivity contribution is 7.47. The summed E-state index contributed by atoms with van der Waals surface area (Å²) in [4.78, 5) is 72.9. The topological polar surface area (TPSA) is 237 Å². The van der Waals surface area contributed by atoms with Gasteiger partial charge in [-0.25, -0.2) is 9.13 Å². The Morgan fingerprint density at radius 1 is 0.276 bits per heavy atom. The molecule has 98 heavy (non-hydrogen) atoms. The van der Waals surface area contributed by atoms with Crippen LogP contribution < -0.4 is 0 Å². The number of rotatable bonds is 79. The molecule has 2 unspecified atom stereocenters. The van der Waals surface area contributed by atoms with Crippen LogP contribution in [0.3, 0.4) is 0 Å². The monoisotopic (exact) mass is 1440 g/mol. The molecule has 0 heterocycles. The van der Waals surface area contributed by atoms with Crippen molar-refractivity contribution in [1.29, 1.82) is 0 Å². The van der Waals surface area contributed by atoms with Gasteiger partial charge in [0, 0.05) is 25.7 Å². The predicted molar refractivity (Wildman–Crippen MR) is 400 cm³/mol. The van der Waals surface area contributed by atoms with E-state index in [4.69, 9.17) is 37.0 Å². The van der Waals surface area contributed by atoms with Gasteiger partial charge in [-0.1, -0.05) is 369 Å². The minimum Gasteiger partial charge on any atom is -0.462 e. The number of carbonyl (C=O) groups is 4. The summed E-state index contributed by atoms with van der Waals surface area (Å²) in [6, 6.07) is 0. The molecule has 0 saturated carbocycles. The third-order valence-electron chi connectivity index (χ3n) is 18.5. The van der Waals surface area contributed by atoms with Gasteiger partial charge in [0.15, 0.2) is 12.2 Å². The van der Waals surface area contributed by atoms with Gasteiger partial charge in [0.2, 0.25) is 0 Å². The van der Waals surface area contributed by atoms with Crippen molar-refractivity contribution in [3.8, 4) is 0 Å². The fraction of sp³-hybridized carbons (Fsp3) is 0.949. The lowest BCUT2D eigenvalue weighted by atomic mass is 10.0. The maximum atomic E-state index is 13.1. The van der Waals surface area contributed by atoms with Crippen molar-refractivity contribution in [2.24, 2.45) is 5.92 Å². The molecule has 0 fully saturated rings. The lowest BCUT2D eigenvalue weighted by Crippen LogP contribution is -2.30. The number of hydrogen-bond donors (Lipinski definition) is 3. The normalized spacial score (nSPS) is 13.9. The molecule has 0 rings (SSSR count). The highest BCUT2D eigenvalue weighted by atomic mass is 31.2. The second kappa shape index (κ2) is 72.0. The quantitative estimate of drug-likeness (QED) is 0.0222. The molecule has 19 heteroatoms. The number of ether oxygens (including phenoxy) is 4. The fourth-order valence-corrected chi connectivity index (χ4v) is 13.8.